The number of nitrogens with zero attached hydrogens (tertiary/aromatic N) is 1. The first-order valence-corrected chi connectivity index (χ1v) is 9.31. The summed E-state index contributed by atoms with van der Waals surface area (Å²) in [5, 5.41) is 4.80. The third kappa shape index (κ3) is 3.89. The lowest BCUT2D eigenvalue weighted by Gasteiger charge is -2.28. The van der Waals surface area contributed by atoms with E-state index >= 15 is 0 Å². The van der Waals surface area contributed by atoms with Crippen LogP contribution in [-0.4, -0.2) is 16.5 Å². The van der Waals surface area contributed by atoms with Crippen LogP contribution < -0.4 is 20.9 Å². The Hall–Kier alpha value is -4.01. The minimum atomic E-state index is -1.58. The number of imide groups is 1. The molecular formula is C22H17F2N3O4. The number of amides is 3. The molecule has 1 aromatic heterocycles. The molecule has 1 aliphatic heterocycles. The molecule has 1 unspecified atom stereocenters. The van der Waals surface area contributed by atoms with Crippen LogP contribution in [0.5, 0.6) is 11.5 Å². The van der Waals surface area contributed by atoms with Gasteiger partial charge in [-0.2, -0.15) is 0 Å². The topological polar surface area (TPSA) is 89.4 Å². The Labute approximate surface area is 175 Å². The fraction of sp³-hybridized carbons (Fsp3) is 0.136. The van der Waals surface area contributed by atoms with Gasteiger partial charge in [-0.15, -0.1) is 0 Å². The Morgan fingerprint density at radius 2 is 1.71 bits per heavy atom. The number of carbonyl (C=O) groups is 2. The summed E-state index contributed by atoms with van der Waals surface area (Å²) in [6, 6.07) is 11.5. The molecule has 31 heavy (non-hydrogen) atoms. The van der Waals surface area contributed by atoms with Crippen molar-refractivity contribution in [2.24, 2.45) is 0 Å². The quantitative estimate of drug-likeness (QED) is 0.615. The molecule has 0 aliphatic carbocycles. The lowest BCUT2D eigenvalue weighted by molar-refractivity contribution is -0.124. The fourth-order valence-electron chi connectivity index (χ4n) is 3.48. The van der Waals surface area contributed by atoms with E-state index in [-0.39, 0.29) is 23.6 Å². The van der Waals surface area contributed by atoms with E-state index in [2.05, 4.69) is 10.6 Å². The highest BCUT2D eigenvalue weighted by Crippen LogP contribution is 2.31. The van der Waals surface area contributed by atoms with E-state index in [1.165, 1.54) is 22.9 Å². The number of rotatable bonds is 5. The zero-order valence-corrected chi connectivity index (χ0v) is 16.3. The average Bonchev–Trinajstić information content (AvgIpc) is 2.99. The summed E-state index contributed by atoms with van der Waals surface area (Å²) in [6.45, 7) is 1.48. The van der Waals surface area contributed by atoms with Crippen LogP contribution in [0.15, 0.2) is 65.6 Å². The first-order chi connectivity index (χ1) is 14.8. The number of benzene rings is 2. The molecular weight excluding hydrogens is 408 g/mol. The third-order valence-corrected chi connectivity index (χ3v) is 4.96. The summed E-state index contributed by atoms with van der Waals surface area (Å²) in [5.41, 5.74) is -1.08. The maximum Gasteiger partial charge on any atom is 0.322 e. The summed E-state index contributed by atoms with van der Waals surface area (Å²) in [4.78, 5) is 37.3. The maximum absolute atomic E-state index is 13.5. The van der Waals surface area contributed by atoms with Gasteiger partial charge >= 0.3 is 6.03 Å². The Morgan fingerprint density at radius 1 is 0.968 bits per heavy atom. The highest BCUT2D eigenvalue weighted by molar-refractivity contribution is 6.07. The molecule has 0 saturated carbocycles. The van der Waals surface area contributed by atoms with Gasteiger partial charge in [-0.1, -0.05) is 18.2 Å². The monoisotopic (exact) mass is 425 g/mol. The number of aromatic nitrogens is 1. The molecule has 1 aliphatic rings. The summed E-state index contributed by atoms with van der Waals surface area (Å²) >= 11 is 0. The number of ether oxygens (including phenoxy) is 1. The van der Waals surface area contributed by atoms with Crippen molar-refractivity contribution in [3.63, 3.8) is 0 Å². The van der Waals surface area contributed by atoms with Gasteiger partial charge in [-0.25, -0.2) is 13.6 Å². The highest BCUT2D eigenvalue weighted by Gasteiger charge is 2.48. The lowest BCUT2D eigenvalue weighted by Crippen LogP contribution is -2.49. The van der Waals surface area contributed by atoms with Crippen LogP contribution in [0.3, 0.4) is 0 Å². The molecule has 2 heterocycles. The lowest BCUT2D eigenvalue weighted by atomic mass is 9.89. The number of nitrogens with one attached hydrogen (secondary N) is 2. The van der Waals surface area contributed by atoms with Crippen molar-refractivity contribution in [2.45, 2.75) is 19.0 Å². The van der Waals surface area contributed by atoms with Gasteiger partial charge in [0.05, 0.1) is 6.54 Å². The molecule has 1 atom stereocenters. The van der Waals surface area contributed by atoms with Crippen molar-refractivity contribution in [1.82, 2.24) is 15.2 Å². The highest BCUT2D eigenvalue weighted by atomic mass is 19.1. The van der Waals surface area contributed by atoms with E-state index in [9.17, 15) is 23.2 Å². The largest absolute Gasteiger partial charge is 0.457 e. The first-order valence-electron chi connectivity index (χ1n) is 9.31. The molecule has 1 saturated heterocycles. The second-order valence-corrected chi connectivity index (χ2v) is 7.17. The fourth-order valence-corrected chi connectivity index (χ4v) is 3.48. The molecule has 2 aromatic carbocycles. The summed E-state index contributed by atoms with van der Waals surface area (Å²) in [5.74, 6) is -2.13. The second-order valence-electron chi connectivity index (χ2n) is 7.17. The van der Waals surface area contributed by atoms with Crippen LogP contribution in [-0.2, 0) is 16.9 Å². The molecule has 9 heteroatoms. The van der Waals surface area contributed by atoms with E-state index in [4.69, 9.17) is 4.74 Å². The van der Waals surface area contributed by atoms with E-state index < -0.39 is 29.1 Å². The minimum absolute atomic E-state index is 0.0708. The Bertz CT molecular complexity index is 1240. The maximum atomic E-state index is 13.5. The van der Waals surface area contributed by atoms with Crippen molar-refractivity contribution in [3.8, 4) is 11.5 Å². The molecule has 1 fully saturated rings. The number of carbonyl (C=O) groups excluding carboxylic acids is 2. The van der Waals surface area contributed by atoms with Crippen molar-refractivity contribution in [3.05, 3.63) is 93.9 Å². The Kier molecular flexibility index (Phi) is 5.02. The number of pyridine rings is 1. The van der Waals surface area contributed by atoms with Crippen LogP contribution >= 0.6 is 0 Å². The SMILES string of the molecule is Cc1cccn(CC2(c3cccc(Oc4cc(F)cc(F)c4)c3)NC(=O)NC2=O)c1=O. The van der Waals surface area contributed by atoms with Crippen LogP contribution in [0.4, 0.5) is 13.6 Å². The van der Waals surface area contributed by atoms with Gasteiger partial charge in [-0.3, -0.25) is 14.9 Å². The van der Waals surface area contributed by atoms with E-state index in [0.717, 1.165) is 18.2 Å². The second kappa shape index (κ2) is 7.67. The van der Waals surface area contributed by atoms with Crippen molar-refractivity contribution >= 4 is 11.9 Å². The third-order valence-electron chi connectivity index (χ3n) is 4.96. The van der Waals surface area contributed by atoms with Gasteiger partial charge in [0.2, 0.25) is 0 Å². The molecule has 0 radical (unpaired) electrons. The minimum Gasteiger partial charge on any atom is -0.457 e. The molecule has 2 N–H and O–H groups in total. The predicted molar refractivity (Wildman–Crippen MR) is 107 cm³/mol. The number of hydrogen-bond donors (Lipinski definition) is 2. The first kappa shape index (κ1) is 20.3. The number of hydrogen-bond acceptors (Lipinski definition) is 4. The van der Waals surface area contributed by atoms with Crippen LogP contribution in [0.25, 0.3) is 0 Å². The van der Waals surface area contributed by atoms with E-state index in [0.29, 0.717) is 11.1 Å². The predicted octanol–water partition coefficient (Wildman–Crippen LogP) is 2.96. The number of urea groups is 1. The van der Waals surface area contributed by atoms with Crippen LogP contribution in [0.2, 0.25) is 0 Å². The average molecular weight is 425 g/mol. The Balaban J connectivity index is 1.75. The summed E-state index contributed by atoms with van der Waals surface area (Å²) < 4.78 is 33.8. The molecule has 7 nitrogen and oxygen atoms in total. The van der Waals surface area contributed by atoms with Crippen LogP contribution in [0, 0.1) is 18.6 Å². The van der Waals surface area contributed by atoms with Crippen molar-refractivity contribution < 1.29 is 23.1 Å². The molecule has 158 valence electrons. The number of halogens is 2. The smallest absolute Gasteiger partial charge is 0.322 e. The van der Waals surface area contributed by atoms with Crippen molar-refractivity contribution in [1.29, 1.82) is 0 Å². The standard InChI is InChI=1S/C22H17F2N3O4/c1-13-4-3-7-27(19(13)28)12-22(20(29)25-21(30)26-22)14-5-2-6-17(8-14)31-18-10-15(23)9-16(24)11-18/h2-11H,12H2,1H3,(H2,25,26,29,30). The number of aryl methyl sites for hydroxylation is 1. The van der Waals surface area contributed by atoms with Gasteiger partial charge in [0.1, 0.15) is 23.1 Å². The van der Waals surface area contributed by atoms with E-state index in [1.807, 2.05) is 0 Å². The summed E-state index contributed by atoms with van der Waals surface area (Å²) in [6.07, 6.45) is 1.52. The Morgan fingerprint density at radius 3 is 2.39 bits per heavy atom. The van der Waals surface area contributed by atoms with Gasteiger partial charge in [0.15, 0.2) is 5.54 Å². The van der Waals surface area contributed by atoms with Gasteiger partial charge in [0.25, 0.3) is 11.5 Å². The van der Waals surface area contributed by atoms with Crippen molar-refractivity contribution in [2.75, 3.05) is 0 Å². The van der Waals surface area contributed by atoms with E-state index in [1.54, 1.807) is 31.2 Å². The molecule has 3 aromatic rings. The zero-order chi connectivity index (χ0) is 22.2. The molecule has 0 spiro atoms. The van der Waals surface area contributed by atoms with Crippen LogP contribution in [0.1, 0.15) is 11.1 Å². The van der Waals surface area contributed by atoms with Gasteiger partial charge in [-0.05, 0) is 30.7 Å². The van der Waals surface area contributed by atoms with Gasteiger partial charge < -0.3 is 14.6 Å². The molecule has 3 amide bonds. The van der Waals surface area contributed by atoms with Gasteiger partial charge in [0, 0.05) is 30.0 Å². The zero-order valence-electron chi connectivity index (χ0n) is 16.3. The molecule has 0 bridgehead atoms. The molecule has 4 rings (SSSR count). The normalized spacial score (nSPS) is 17.9. The summed E-state index contributed by atoms with van der Waals surface area (Å²) in [7, 11) is 0.